The molecule has 2 heterocycles. The van der Waals surface area contributed by atoms with Crippen LogP contribution in [0.15, 0.2) is 66.7 Å². The van der Waals surface area contributed by atoms with Gasteiger partial charge in [0.1, 0.15) is 16.8 Å². The van der Waals surface area contributed by atoms with E-state index in [0.717, 1.165) is 38.9 Å². The number of hydrogen-bond donors (Lipinski definition) is 0. The zero-order chi connectivity index (χ0) is 20.7. The summed E-state index contributed by atoms with van der Waals surface area (Å²) in [5, 5.41) is 17.8. The van der Waals surface area contributed by atoms with Gasteiger partial charge in [0.2, 0.25) is 0 Å². The molecule has 0 aliphatic carbocycles. The first kappa shape index (κ1) is 18.5. The molecule has 30 heavy (non-hydrogen) atoms. The molecule has 0 fully saturated rings. The van der Waals surface area contributed by atoms with Crippen LogP contribution in [-0.4, -0.2) is 37.9 Å². The van der Waals surface area contributed by atoms with Crippen LogP contribution in [0.1, 0.15) is 0 Å². The Morgan fingerprint density at radius 1 is 0.733 bits per heavy atom. The molecule has 0 bridgehead atoms. The lowest BCUT2D eigenvalue weighted by Crippen LogP contribution is -2.33. The fourth-order valence-corrected chi connectivity index (χ4v) is 4.83. The van der Waals surface area contributed by atoms with Gasteiger partial charge < -0.3 is 4.74 Å². The Bertz CT molecular complexity index is 1340. The third-order valence-electron chi connectivity index (χ3n) is 5.04. The Morgan fingerprint density at radius 2 is 1.37 bits per heavy atom. The Kier molecular flexibility index (Phi) is 4.36. The van der Waals surface area contributed by atoms with Gasteiger partial charge in [0.05, 0.1) is 11.0 Å². The molecule has 0 aliphatic rings. The summed E-state index contributed by atoms with van der Waals surface area (Å²) < 4.78 is 9.72. The van der Waals surface area contributed by atoms with Gasteiger partial charge in [0.25, 0.3) is 0 Å². The van der Waals surface area contributed by atoms with E-state index < -0.39 is 8.24 Å². The quantitative estimate of drug-likeness (QED) is 0.394. The lowest BCUT2D eigenvalue weighted by molar-refractivity contribution is 0.223. The molecule has 3 aromatic carbocycles. The van der Waals surface area contributed by atoms with Gasteiger partial charge in [-0.2, -0.15) is 0 Å². The second kappa shape index (κ2) is 7.07. The first-order chi connectivity index (χ1) is 14.5. The van der Waals surface area contributed by atoms with Crippen LogP contribution in [0.3, 0.4) is 0 Å². The van der Waals surface area contributed by atoms with Crippen LogP contribution >= 0.6 is 0 Å². The van der Waals surface area contributed by atoms with Gasteiger partial charge in [-0.05, 0) is 43.9 Å². The van der Waals surface area contributed by atoms with Crippen molar-refractivity contribution >= 4 is 30.3 Å². The topological polar surface area (TPSA) is 70.7 Å². The molecule has 7 nitrogen and oxygen atoms in total. The number of para-hydroxylation sites is 1. The van der Waals surface area contributed by atoms with Crippen LogP contribution in [0, 0.1) is 0 Å². The van der Waals surface area contributed by atoms with E-state index in [-0.39, 0.29) is 0 Å². The monoisotopic (exact) mass is 414 g/mol. The number of hydrogen-bond acceptors (Lipinski definition) is 5. The van der Waals surface area contributed by atoms with Gasteiger partial charge in [-0.3, -0.25) is 4.35 Å². The lowest BCUT2D eigenvalue weighted by Gasteiger charge is -2.16. The van der Waals surface area contributed by atoms with Crippen LogP contribution in [0.4, 0.5) is 0 Å². The van der Waals surface area contributed by atoms with Crippen molar-refractivity contribution < 1.29 is 4.74 Å². The molecular formula is C22H22N6OSi. The highest BCUT2D eigenvalue weighted by molar-refractivity contribution is 6.75. The van der Waals surface area contributed by atoms with Crippen molar-refractivity contribution in [2.75, 3.05) is 0 Å². The van der Waals surface area contributed by atoms with Gasteiger partial charge in [-0.25, -0.2) is 4.68 Å². The number of fused-ring (bicyclic) bond motifs is 2. The molecule has 0 N–H and O–H groups in total. The third-order valence-corrected chi connectivity index (χ3v) is 6.65. The maximum Gasteiger partial charge on any atom is 0.183 e. The Hall–Kier alpha value is -3.52. The number of rotatable bonds is 5. The maximum atomic E-state index is 5.85. The van der Waals surface area contributed by atoms with Crippen molar-refractivity contribution in [2.45, 2.75) is 26.4 Å². The zero-order valence-corrected chi connectivity index (χ0v) is 18.1. The summed E-state index contributed by atoms with van der Waals surface area (Å²) in [4.78, 5) is 0. The minimum Gasteiger partial charge on any atom is -0.471 e. The largest absolute Gasteiger partial charge is 0.471 e. The van der Waals surface area contributed by atoms with Crippen molar-refractivity contribution in [3.8, 4) is 16.9 Å². The molecule has 8 heteroatoms. The normalized spacial score (nSPS) is 12.0. The second-order valence-electron chi connectivity index (χ2n) is 8.19. The predicted octanol–water partition coefficient (Wildman–Crippen LogP) is 4.56. The Morgan fingerprint density at radius 3 is 2.07 bits per heavy atom. The fraction of sp³-hybridized carbons (Fsp3) is 0.182. The fourth-order valence-electron chi connectivity index (χ4n) is 3.61. The molecule has 0 aliphatic heterocycles. The van der Waals surface area contributed by atoms with Crippen molar-refractivity contribution in [3.63, 3.8) is 0 Å². The summed E-state index contributed by atoms with van der Waals surface area (Å²) >= 11 is 0. The van der Waals surface area contributed by atoms with Crippen LogP contribution in [0.2, 0.25) is 19.6 Å². The van der Waals surface area contributed by atoms with Crippen LogP contribution in [-0.2, 0) is 6.73 Å². The van der Waals surface area contributed by atoms with Crippen molar-refractivity contribution in [1.29, 1.82) is 0 Å². The second-order valence-corrected chi connectivity index (χ2v) is 13.0. The van der Waals surface area contributed by atoms with E-state index in [4.69, 9.17) is 4.74 Å². The van der Waals surface area contributed by atoms with Gasteiger partial charge in [-0.1, -0.05) is 52.9 Å². The Balaban J connectivity index is 1.58. The van der Waals surface area contributed by atoms with E-state index in [1.807, 2.05) is 42.5 Å². The molecular weight excluding hydrogens is 392 g/mol. The molecule has 0 unspecified atom stereocenters. The minimum atomic E-state index is -1.67. The highest BCUT2D eigenvalue weighted by Gasteiger charge is 2.23. The van der Waals surface area contributed by atoms with Crippen molar-refractivity contribution in [1.82, 2.24) is 29.7 Å². The van der Waals surface area contributed by atoms with Gasteiger partial charge in [0, 0.05) is 11.1 Å². The first-order valence-electron chi connectivity index (χ1n) is 9.88. The van der Waals surface area contributed by atoms with Crippen molar-refractivity contribution in [3.05, 3.63) is 66.7 Å². The molecule has 0 amide bonds. The smallest absolute Gasteiger partial charge is 0.183 e. The standard InChI is InChI=1S/C22H22N6OSi/c1-30(2,3)28-20-14-8-12-18(22(20)24-26-28)17-11-7-13-19-21(17)23-25-27(19)15-29-16-9-5-4-6-10-16/h4-14H,15H2,1-3H3. The lowest BCUT2D eigenvalue weighted by atomic mass is 10.0. The van der Waals surface area contributed by atoms with Crippen LogP contribution < -0.4 is 4.74 Å². The molecule has 0 spiro atoms. The molecule has 2 aromatic heterocycles. The average Bonchev–Trinajstić information content (AvgIpc) is 3.37. The average molecular weight is 415 g/mol. The van der Waals surface area contributed by atoms with E-state index in [0.29, 0.717) is 6.73 Å². The van der Waals surface area contributed by atoms with Crippen molar-refractivity contribution in [2.24, 2.45) is 0 Å². The zero-order valence-electron chi connectivity index (χ0n) is 17.1. The number of nitrogens with zero attached hydrogens (tertiary/aromatic N) is 6. The SMILES string of the molecule is C[Si](C)(C)n1nnc2c(-c3cccc4c3nnn4COc3ccccc3)cccc21. The van der Waals surface area contributed by atoms with Gasteiger partial charge in [0.15, 0.2) is 15.0 Å². The van der Waals surface area contributed by atoms with E-state index in [1.165, 1.54) is 0 Å². The minimum absolute atomic E-state index is 0.292. The van der Waals surface area contributed by atoms with E-state index in [2.05, 4.69) is 68.9 Å². The molecule has 0 atom stereocenters. The molecule has 5 rings (SSSR count). The summed E-state index contributed by atoms with van der Waals surface area (Å²) in [5.74, 6) is 0.796. The Labute approximate surface area is 175 Å². The van der Waals surface area contributed by atoms with Crippen LogP contribution in [0.5, 0.6) is 5.75 Å². The maximum absolute atomic E-state index is 5.85. The van der Waals surface area contributed by atoms with Crippen LogP contribution in [0.25, 0.3) is 33.2 Å². The van der Waals surface area contributed by atoms with Gasteiger partial charge in [-0.15, -0.1) is 10.2 Å². The summed E-state index contributed by atoms with van der Waals surface area (Å²) in [6.45, 7) is 7.06. The molecule has 0 saturated heterocycles. The number of aromatic nitrogens is 6. The number of benzene rings is 3. The third kappa shape index (κ3) is 3.15. The molecule has 0 radical (unpaired) electrons. The number of ether oxygens (including phenoxy) is 1. The van der Waals surface area contributed by atoms with E-state index in [1.54, 1.807) is 4.68 Å². The molecule has 150 valence electrons. The predicted molar refractivity (Wildman–Crippen MR) is 120 cm³/mol. The molecule has 5 aromatic rings. The summed E-state index contributed by atoms with van der Waals surface area (Å²) in [6, 6.07) is 22.0. The van der Waals surface area contributed by atoms with E-state index >= 15 is 0 Å². The first-order valence-corrected chi connectivity index (χ1v) is 13.3. The van der Waals surface area contributed by atoms with E-state index in [9.17, 15) is 0 Å². The summed E-state index contributed by atoms with van der Waals surface area (Å²) in [5.41, 5.74) is 5.69. The summed E-state index contributed by atoms with van der Waals surface area (Å²) in [7, 11) is -1.67. The highest BCUT2D eigenvalue weighted by atomic mass is 28.3. The highest BCUT2D eigenvalue weighted by Crippen LogP contribution is 2.32. The van der Waals surface area contributed by atoms with Gasteiger partial charge >= 0.3 is 0 Å². The molecule has 0 saturated carbocycles. The summed E-state index contributed by atoms with van der Waals surface area (Å²) in [6.07, 6.45) is 0.